The van der Waals surface area contributed by atoms with Crippen LogP contribution >= 0.6 is 0 Å². The van der Waals surface area contributed by atoms with Gasteiger partial charge in [0, 0.05) is 30.0 Å². The first-order valence-electron chi connectivity index (χ1n) is 9.58. The number of para-hydroxylation sites is 1. The van der Waals surface area contributed by atoms with Crippen molar-refractivity contribution in [2.75, 3.05) is 23.3 Å². The molecule has 0 aliphatic heterocycles. The Balaban J connectivity index is 1.69. The topological polar surface area (TPSA) is 61.4 Å². The van der Waals surface area contributed by atoms with Crippen molar-refractivity contribution in [3.05, 3.63) is 95.8 Å². The molecule has 0 saturated heterocycles. The Morgan fingerprint density at radius 3 is 2.22 bits per heavy atom. The minimum absolute atomic E-state index is 0.00496. The van der Waals surface area contributed by atoms with Gasteiger partial charge < -0.3 is 10.6 Å². The second-order valence-corrected chi connectivity index (χ2v) is 6.76. The Kier molecular flexibility index (Phi) is 7.09. The van der Waals surface area contributed by atoms with Gasteiger partial charge in [-0.3, -0.25) is 9.69 Å². The van der Waals surface area contributed by atoms with Crippen LogP contribution in [-0.4, -0.2) is 25.0 Å². The Morgan fingerprint density at radius 2 is 1.56 bits per heavy atom. The molecular formula is C23H19F4N3O2. The molecule has 2 N–H and O–H groups in total. The summed E-state index contributed by atoms with van der Waals surface area (Å²) in [5, 5.41) is 5.21. The van der Waals surface area contributed by atoms with Gasteiger partial charge in [-0.05, 0) is 54.6 Å². The summed E-state index contributed by atoms with van der Waals surface area (Å²) in [6.07, 6.45) is -4.56. The minimum Gasteiger partial charge on any atom is -0.350 e. The molecule has 5 nitrogen and oxygen atoms in total. The van der Waals surface area contributed by atoms with Crippen molar-refractivity contribution in [2.45, 2.75) is 6.18 Å². The molecule has 0 atom stereocenters. The average molecular weight is 445 g/mol. The highest BCUT2D eigenvalue weighted by Crippen LogP contribution is 2.29. The summed E-state index contributed by atoms with van der Waals surface area (Å²) in [5.41, 5.74) is -0.159. The summed E-state index contributed by atoms with van der Waals surface area (Å²) in [6, 6.07) is 17.4. The Bertz CT molecular complexity index is 1070. The molecule has 3 rings (SSSR count). The number of alkyl halides is 3. The first-order valence-corrected chi connectivity index (χ1v) is 9.58. The van der Waals surface area contributed by atoms with Crippen molar-refractivity contribution in [1.29, 1.82) is 0 Å². The molecule has 0 aliphatic rings. The predicted molar refractivity (Wildman–Crippen MR) is 113 cm³/mol. The van der Waals surface area contributed by atoms with Gasteiger partial charge in [0.05, 0.1) is 5.56 Å². The maximum Gasteiger partial charge on any atom is 0.416 e. The maximum absolute atomic E-state index is 13.3. The number of anilines is 2. The summed E-state index contributed by atoms with van der Waals surface area (Å²) >= 11 is 0. The molecule has 0 unspecified atom stereocenters. The van der Waals surface area contributed by atoms with Crippen molar-refractivity contribution >= 4 is 23.3 Å². The van der Waals surface area contributed by atoms with Crippen LogP contribution in [0.5, 0.6) is 0 Å². The van der Waals surface area contributed by atoms with Crippen LogP contribution in [0, 0.1) is 5.82 Å². The first-order chi connectivity index (χ1) is 15.2. The second kappa shape index (κ2) is 9.95. The van der Waals surface area contributed by atoms with E-state index < -0.39 is 29.5 Å². The highest BCUT2D eigenvalue weighted by atomic mass is 19.4. The monoisotopic (exact) mass is 445 g/mol. The molecule has 0 spiro atoms. The number of benzene rings is 3. The molecule has 0 saturated carbocycles. The van der Waals surface area contributed by atoms with E-state index in [1.54, 1.807) is 30.3 Å². The molecule has 3 amide bonds. The van der Waals surface area contributed by atoms with E-state index in [4.69, 9.17) is 0 Å². The molecule has 166 valence electrons. The van der Waals surface area contributed by atoms with Gasteiger partial charge in [0.1, 0.15) is 5.82 Å². The van der Waals surface area contributed by atoms with Crippen molar-refractivity contribution in [3.63, 3.8) is 0 Å². The summed E-state index contributed by atoms with van der Waals surface area (Å²) in [5.74, 6) is -1.19. The van der Waals surface area contributed by atoms with Crippen molar-refractivity contribution in [3.8, 4) is 0 Å². The van der Waals surface area contributed by atoms with E-state index in [1.807, 2.05) is 0 Å². The molecule has 0 fully saturated rings. The van der Waals surface area contributed by atoms with Gasteiger partial charge in [-0.25, -0.2) is 9.18 Å². The molecule has 0 bridgehead atoms. The third-order valence-corrected chi connectivity index (χ3v) is 4.48. The summed E-state index contributed by atoms with van der Waals surface area (Å²) in [7, 11) is 0. The fourth-order valence-electron chi connectivity index (χ4n) is 2.90. The smallest absolute Gasteiger partial charge is 0.350 e. The number of carbonyl (C=O) groups excluding carboxylic acids is 2. The number of hydrogen-bond donors (Lipinski definition) is 2. The van der Waals surface area contributed by atoms with Gasteiger partial charge in [0.15, 0.2) is 0 Å². The maximum atomic E-state index is 13.3. The van der Waals surface area contributed by atoms with Crippen LogP contribution in [0.4, 0.5) is 33.7 Å². The zero-order valence-electron chi connectivity index (χ0n) is 16.7. The lowest BCUT2D eigenvalue weighted by atomic mass is 10.1. The number of hydrogen-bond acceptors (Lipinski definition) is 2. The van der Waals surface area contributed by atoms with Crippen LogP contribution in [0.2, 0.25) is 0 Å². The molecule has 3 aromatic rings. The molecule has 0 heterocycles. The number of halogens is 4. The fourth-order valence-corrected chi connectivity index (χ4v) is 2.90. The van der Waals surface area contributed by atoms with E-state index in [2.05, 4.69) is 10.6 Å². The van der Waals surface area contributed by atoms with Crippen LogP contribution in [0.15, 0.2) is 78.9 Å². The largest absolute Gasteiger partial charge is 0.416 e. The van der Waals surface area contributed by atoms with Gasteiger partial charge >= 0.3 is 12.2 Å². The summed E-state index contributed by atoms with van der Waals surface area (Å²) in [4.78, 5) is 26.4. The number of amides is 3. The second-order valence-electron chi connectivity index (χ2n) is 6.76. The standard InChI is InChI=1S/C23H19F4N3O2/c24-18-9-11-20(12-10-18)30(22(32)29-19-7-2-1-3-8-19)14-13-28-21(31)16-5-4-6-17(15-16)23(25,26)27/h1-12,15H,13-14H2,(H,28,31)(H,29,32). The van der Waals surface area contributed by atoms with Crippen molar-refractivity contribution < 1.29 is 27.2 Å². The molecule has 0 radical (unpaired) electrons. The molecule has 3 aromatic carbocycles. The van der Waals surface area contributed by atoms with Crippen LogP contribution in [0.1, 0.15) is 15.9 Å². The first kappa shape index (κ1) is 22.8. The quantitative estimate of drug-likeness (QED) is 0.505. The fraction of sp³-hybridized carbons (Fsp3) is 0.130. The van der Waals surface area contributed by atoms with Crippen LogP contribution < -0.4 is 15.5 Å². The SMILES string of the molecule is O=C(NCCN(C(=O)Nc1ccccc1)c1ccc(F)cc1)c1cccc(C(F)(F)F)c1. The third-order valence-electron chi connectivity index (χ3n) is 4.48. The summed E-state index contributed by atoms with van der Waals surface area (Å²) < 4.78 is 51.9. The molecule has 9 heteroatoms. The van der Waals surface area contributed by atoms with Gasteiger partial charge in [-0.1, -0.05) is 24.3 Å². The van der Waals surface area contributed by atoms with E-state index in [9.17, 15) is 27.2 Å². The van der Waals surface area contributed by atoms with Gasteiger partial charge in [0.25, 0.3) is 5.91 Å². The van der Waals surface area contributed by atoms with Gasteiger partial charge in [0.2, 0.25) is 0 Å². The number of nitrogens with one attached hydrogen (secondary N) is 2. The lowest BCUT2D eigenvalue weighted by molar-refractivity contribution is -0.137. The van der Waals surface area contributed by atoms with Crippen LogP contribution in [0.25, 0.3) is 0 Å². The van der Waals surface area contributed by atoms with Crippen molar-refractivity contribution in [2.24, 2.45) is 0 Å². The Morgan fingerprint density at radius 1 is 0.875 bits per heavy atom. The van der Waals surface area contributed by atoms with Crippen molar-refractivity contribution in [1.82, 2.24) is 5.32 Å². The Labute approximate surface area is 181 Å². The van der Waals surface area contributed by atoms with E-state index >= 15 is 0 Å². The van der Waals surface area contributed by atoms with E-state index in [-0.39, 0.29) is 18.7 Å². The van der Waals surface area contributed by atoms with Gasteiger partial charge in [-0.2, -0.15) is 13.2 Å². The van der Waals surface area contributed by atoms with Crippen LogP contribution in [0.3, 0.4) is 0 Å². The lowest BCUT2D eigenvalue weighted by Crippen LogP contribution is -2.41. The molecule has 0 aromatic heterocycles. The third kappa shape index (κ3) is 6.07. The zero-order chi connectivity index (χ0) is 23.1. The zero-order valence-corrected chi connectivity index (χ0v) is 16.7. The number of rotatable bonds is 6. The lowest BCUT2D eigenvalue weighted by Gasteiger charge is -2.23. The molecule has 32 heavy (non-hydrogen) atoms. The molecule has 0 aliphatic carbocycles. The highest BCUT2D eigenvalue weighted by Gasteiger charge is 2.30. The number of nitrogens with zero attached hydrogens (tertiary/aromatic N) is 1. The van der Waals surface area contributed by atoms with Gasteiger partial charge in [-0.15, -0.1) is 0 Å². The van der Waals surface area contributed by atoms with E-state index in [1.165, 1.54) is 35.2 Å². The van der Waals surface area contributed by atoms with E-state index in [0.717, 1.165) is 18.2 Å². The summed E-state index contributed by atoms with van der Waals surface area (Å²) in [6.45, 7) is -0.0519. The number of urea groups is 1. The Hall–Kier alpha value is -3.88. The molecular weight excluding hydrogens is 426 g/mol. The van der Waals surface area contributed by atoms with E-state index in [0.29, 0.717) is 11.4 Å². The average Bonchev–Trinajstić information content (AvgIpc) is 2.77. The highest BCUT2D eigenvalue weighted by molar-refractivity contribution is 6.01. The van der Waals surface area contributed by atoms with Crippen LogP contribution in [-0.2, 0) is 6.18 Å². The predicted octanol–water partition coefficient (Wildman–Crippen LogP) is 5.31. The minimum atomic E-state index is -4.56. The normalized spacial score (nSPS) is 11.0. The number of carbonyl (C=O) groups is 2.